The molecule has 1 aliphatic carbocycles. The fourth-order valence-corrected chi connectivity index (χ4v) is 8.10. The third-order valence-electron chi connectivity index (χ3n) is 8.06. The monoisotopic (exact) mass is 484 g/mol. The Balaban J connectivity index is 2.09. The van der Waals surface area contributed by atoms with Gasteiger partial charge < -0.3 is 9.47 Å². The molecule has 0 fully saturated rings. The van der Waals surface area contributed by atoms with Gasteiger partial charge in [-0.2, -0.15) is 23.5 Å². The minimum Gasteiger partial charge on any atom is -0.493 e. The number of benzene rings is 2. The standard InChI is InChI=1S/C29H40O2S2/c1-16-22-14-24(32-7)26-19(4)27-21(6)29(20(26)5)31-13-11-9-10-12-30-28(17(22)2)18(3)23(16)15-25(27)33-8/h24-25H,9-15H2,1-8H3. The highest BCUT2D eigenvalue weighted by atomic mass is 32.2. The van der Waals surface area contributed by atoms with E-state index < -0.39 is 0 Å². The van der Waals surface area contributed by atoms with Crippen molar-refractivity contribution in [2.24, 2.45) is 0 Å². The van der Waals surface area contributed by atoms with Gasteiger partial charge in [0.15, 0.2) is 0 Å². The zero-order valence-corrected chi connectivity index (χ0v) is 23.4. The predicted octanol–water partition coefficient (Wildman–Crippen LogP) is 8.09. The van der Waals surface area contributed by atoms with E-state index in [9.17, 15) is 0 Å². The first-order chi connectivity index (χ1) is 15.8. The van der Waals surface area contributed by atoms with Gasteiger partial charge in [-0.1, -0.05) is 0 Å². The molecular weight excluding hydrogens is 444 g/mol. The second kappa shape index (κ2) is 10.2. The first-order valence-electron chi connectivity index (χ1n) is 12.4. The average Bonchev–Trinajstić information content (AvgIpc) is 2.79. The van der Waals surface area contributed by atoms with Crippen molar-refractivity contribution in [3.8, 4) is 11.5 Å². The van der Waals surface area contributed by atoms with Crippen LogP contribution in [0.5, 0.6) is 11.5 Å². The molecule has 180 valence electrons. The summed E-state index contributed by atoms with van der Waals surface area (Å²) in [4.78, 5) is 0. The molecule has 2 nitrogen and oxygen atoms in total. The largest absolute Gasteiger partial charge is 0.493 e. The van der Waals surface area contributed by atoms with Gasteiger partial charge >= 0.3 is 0 Å². The van der Waals surface area contributed by atoms with Crippen molar-refractivity contribution >= 4 is 23.5 Å². The Morgan fingerprint density at radius 1 is 0.545 bits per heavy atom. The summed E-state index contributed by atoms with van der Waals surface area (Å²) in [6, 6.07) is 0. The number of rotatable bonds is 2. The minimum atomic E-state index is 0.401. The molecule has 0 radical (unpaired) electrons. The summed E-state index contributed by atoms with van der Waals surface area (Å²) in [5, 5.41) is 0.802. The third kappa shape index (κ3) is 4.31. The molecule has 4 heteroatoms. The van der Waals surface area contributed by atoms with Crippen LogP contribution in [0.3, 0.4) is 0 Å². The predicted molar refractivity (Wildman–Crippen MR) is 146 cm³/mol. The van der Waals surface area contributed by atoms with Gasteiger partial charge in [0, 0.05) is 10.5 Å². The van der Waals surface area contributed by atoms with E-state index >= 15 is 0 Å². The Kier molecular flexibility index (Phi) is 7.65. The highest BCUT2D eigenvalue weighted by Crippen LogP contribution is 2.49. The fraction of sp³-hybridized carbons (Fsp3) is 0.586. The molecule has 2 aromatic carbocycles. The molecule has 3 aliphatic rings. The van der Waals surface area contributed by atoms with Crippen molar-refractivity contribution in [1.82, 2.24) is 0 Å². The van der Waals surface area contributed by atoms with Gasteiger partial charge in [0.25, 0.3) is 0 Å². The lowest BCUT2D eigenvalue weighted by Crippen LogP contribution is -2.18. The summed E-state index contributed by atoms with van der Waals surface area (Å²) in [5.74, 6) is 2.29. The smallest absolute Gasteiger partial charge is 0.125 e. The number of hydrogen-bond donors (Lipinski definition) is 0. The summed E-state index contributed by atoms with van der Waals surface area (Å²) in [7, 11) is 0. The van der Waals surface area contributed by atoms with Crippen molar-refractivity contribution in [3.63, 3.8) is 0 Å². The van der Waals surface area contributed by atoms with Crippen molar-refractivity contribution < 1.29 is 9.47 Å². The maximum atomic E-state index is 6.56. The van der Waals surface area contributed by atoms with Gasteiger partial charge in [-0.3, -0.25) is 0 Å². The van der Waals surface area contributed by atoms with Crippen LogP contribution in [0.4, 0.5) is 0 Å². The van der Waals surface area contributed by atoms with E-state index in [1.165, 1.54) is 55.6 Å². The molecule has 0 aromatic heterocycles. The first kappa shape index (κ1) is 24.9. The summed E-state index contributed by atoms with van der Waals surface area (Å²) in [5.41, 5.74) is 14.3. The third-order valence-corrected chi connectivity index (χ3v) is 10.0. The Bertz CT molecular complexity index is 989. The van der Waals surface area contributed by atoms with Crippen LogP contribution in [-0.2, 0) is 12.8 Å². The van der Waals surface area contributed by atoms with Gasteiger partial charge in [-0.25, -0.2) is 0 Å². The second-order valence-electron chi connectivity index (χ2n) is 9.81. The summed E-state index contributed by atoms with van der Waals surface area (Å²) >= 11 is 3.96. The zero-order chi connectivity index (χ0) is 23.9. The summed E-state index contributed by atoms with van der Waals surface area (Å²) < 4.78 is 13.1. The summed E-state index contributed by atoms with van der Waals surface area (Å²) in [6.45, 7) is 15.5. The van der Waals surface area contributed by atoms with E-state index in [-0.39, 0.29) is 0 Å². The summed E-state index contributed by atoms with van der Waals surface area (Å²) in [6.07, 6.45) is 9.89. The van der Waals surface area contributed by atoms with Crippen molar-refractivity contribution in [2.45, 2.75) is 84.1 Å². The molecule has 6 bridgehead atoms. The maximum Gasteiger partial charge on any atom is 0.125 e. The van der Waals surface area contributed by atoms with Crippen LogP contribution in [0.2, 0.25) is 0 Å². The number of fused-ring (bicyclic) bond motifs is 8. The number of thioether (sulfide) groups is 2. The van der Waals surface area contributed by atoms with Gasteiger partial charge in [-0.05, 0) is 142 Å². The highest BCUT2D eigenvalue weighted by molar-refractivity contribution is 7.99. The molecule has 2 atom stereocenters. The Labute approximate surface area is 209 Å². The van der Waals surface area contributed by atoms with Crippen molar-refractivity contribution in [3.05, 3.63) is 55.6 Å². The Morgan fingerprint density at radius 3 is 1.39 bits per heavy atom. The molecule has 33 heavy (non-hydrogen) atoms. The zero-order valence-electron chi connectivity index (χ0n) is 21.7. The van der Waals surface area contributed by atoms with Crippen LogP contribution in [0, 0.1) is 41.5 Å². The molecule has 2 heterocycles. The topological polar surface area (TPSA) is 18.5 Å². The molecular formula is C29H40O2S2. The number of ether oxygens (including phenoxy) is 2. The van der Waals surface area contributed by atoms with Crippen LogP contribution >= 0.6 is 23.5 Å². The quantitative estimate of drug-likeness (QED) is 0.428. The van der Waals surface area contributed by atoms with E-state index in [1.54, 1.807) is 0 Å². The minimum absolute atomic E-state index is 0.401. The second-order valence-corrected chi connectivity index (χ2v) is 11.9. The SMILES string of the molecule is CSC1Cc2c(C)c3c(C)c(c2C)OCCCCCOc2c(C)c1c(C)c(c2C)C(SC)C3. The fourth-order valence-electron chi connectivity index (χ4n) is 6.25. The lowest BCUT2D eigenvalue weighted by molar-refractivity contribution is 0.275. The van der Waals surface area contributed by atoms with Gasteiger partial charge in [0.2, 0.25) is 0 Å². The van der Waals surface area contributed by atoms with E-state index in [0.717, 1.165) is 56.8 Å². The van der Waals surface area contributed by atoms with Crippen LogP contribution in [-0.4, -0.2) is 25.7 Å². The van der Waals surface area contributed by atoms with Gasteiger partial charge in [-0.15, -0.1) is 0 Å². The molecule has 2 unspecified atom stereocenters. The molecule has 0 saturated heterocycles. The molecule has 0 amide bonds. The molecule has 0 spiro atoms. The van der Waals surface area contributed by atoms with Gasteiger partial charge in [0.1, 0.15) is 11.5 Å². The molecule has 2 aromatic rings. The molecule has 5 rings (SSSR count). The van der Waals surface area contributed by atoms with Gasteiger partial charge in [0.05, 0.1) is 13.2 Å². The van der Waals surface area contributed by atoms with E-state index in [1.807, 2.05) is 23.5 Å². The Hall–Kier alpha value is -1.26. The lowest BCUT2D eigenvalue weighted by atomic mass is 9.80. The van der Waals surface area contributed by atoms with Crippen LogP contribution < -0.4 is 9.47 Å². The first-order valence-corrected chi connectivity index (χ1v) is 15.0. The number of hydrogen-bond acceptors (Lipinski definition) is 4. The van der Waals surface area contributed by atoms with E-state index in [4.69, 9.17) is 9.47 Å². The van der Waals surface area contributed by atoms with E-state index in [2.05, 4.69) is 54.1 Å². The maximum absolute atomic E-state index is 6.56. The average molecular weight is 485 g/mol. The van der Waals surface area contributed by atoms with Crippen LogP contribution in [0.15, 0.2) is 0 Å². The Morgan fingerprint density at radius 2 is 0.970 bits per heavy atom. The van der Waals surface area contributed by atoms with Crippen molar-refractivity contribution in [1.29, 1.82) is 0 Å². The lowest BCUT2D eigenvalue weighted by Gasteiger charge is -2.33. The normalized spacial score (nSPS) is 20.6. The molecule has 0 saturated carbocycles. The van der Waals surface area contributed by atoms with Crippen LogP contribution in [0.25, 0.3) is 0 Å². The molecule has 2 aliphatic heterocycles. The van der Waals surface area contributed by atoms with Crippen molar-refractivity contribution in [2.75, 3.05) is 25.7 Å². The highest BCUT2D eigenvalue weighted by Gasteiger charge is 2.31. The molecule has 0 N–H and O–H groups in total. The van der Waals surface area contributed by atoms with E-state index in [0.29, 0.717) is 10.5 Å². The van der Waals surface area contributed by atoms with Crippen LogP contribution in [0.1, 0.15) is 85.4 Å².